The predicted octanol–water partition coefficient (Wildman–Crippen LogP) is 2.72. The fraction of sp³-hybridized carbons (Fsp3) is 0.538. The molecule has 0 aromatic heterocycles. The lowest BCUT2D eigenvalue weighted by molar-refractivity contribution is -0.890. The number of hydrogen-bond acceptors (Lipinski definition) is 0. The minimum Gasteiger partial charge on any atom is -0.328 e. The van der Waals surface area contributed by atoms with Crippen LogP contribution >= 0.6 is 0 Å². The highest BCUT2D eigenvalue weighted by molar-refractivity contribution is 5.14. The average Bonchev–Trinajstić information content (AvgIpc) is 2.17. The van der Waals surface area contributed by atoms with Crippen molar-refractivity contribution in [3.05, 3.63) is 35.9 Å². The lowest BCUT2D eigenvalue weighted by Crippen LogP contribution is -2.41. The summed E-state index contributed by atoms with van der Waals surface area (Å²) in [6.07, 6.45) is 2.45. The van der Waals surface area contributed by atoms with Crippen LogP contribution in [-0.2, 0) is 6.42 Å². The van der Waals surface area contributed by atoms with Crippen molar-refractivity contribution in [2.75, 3.05) is 27.2 Å². The van der Waals surface area contributed by atoms with Gasteiger partial charge in [-0.15, -0.1) is 0 Å². The Morgan fingerprint density at radius 1 is 1.00 bits per heavy atom. The maximum Gasteiger partial charge on any atom is 0.0823 e. The van der Waals surface area contributed by atoms with Gasteiger partial charge in [0, 0.05) is 6.42 Å². The van der Waals surface area contributed by atoms with Gasteiger partial charge in [-0.1, -0.05) is 37.3 Å². The smallest absolute Gasteiger partial charge is 0.0823 e. The van der Waals surface area contributed by atoms with E-state index >= 15 is 0 Å². The van der Waals surface area contributed by atoms with E-state index in [2.05, 4.69) is 51.4 Å². The molecule has 1 aromatic rings. The molecule has 1 nitrogen and oxygen atoms in total. The number of likely N-dealkylation sites (N-methyl/N-ethyl adjacent to an activating group) is 1. The van der Waals surface area contributed by atoms with Crippen LogP contribution in [0.15, 0.2) is 30.3 Å². The van der Waals surface area contributed by atoms with Crippen molar-refractivity contribution in [2.45, 2.75) is 19.8 Å². The zero-order chi connectivity index (χ0) is 10.4. The standard InChI is InChI=1S/C13H22N/c1-4-11-14(2,3)12-10-13-8-6-5-7-9-13/h5-9H,4,10-12H2,1-3H3/q+1. The molecular weight excluding hydrogens is 170 g/mol. The first-order valence-electron chi connectivity index (χ1n) is 5.50. The molecule has 0 amide bonds. The maximum atomic E-state index is 2.31. The summed E-state index contributed by atoms with van der Waals surface area (Å²) in [7, 11) is 4.62. The van der Waals surface area contributed by atoms with Crippen molar-refractivity contribution in [1.82, 2.24) is 0 Å². The minimum atomic E-state index is 1.13. The Morgan fingerprint density at radius 3 is 2.21 bits per heavy atom. The van der Waals surface area contributed by atoms with E-state index in [0.717, 1.165) is 4.48 Å². The van der Waals surface area contributed by atoms with Crippen molar-refractivity contribution < 1.29 is 4.48 Å². The third-order valence-electron chi connectivity index (χ3n) is 2.68. The molecule has 0 saturated carbocycles. The van der Waals surface area contributed by atoms with Gasteiger partial charge >= 0.3 is 0 Å². The summed E-state index contributed by atoms with van der Waals surface area (Å²) in [4.78, 5) is 0. The molecule has 0 unspecified atom stereocenters. The lowest BCUT2D eigenvalue weighted by atomic mass is 10.1. The van der Waals surface area contributed by atoms with E-state index in [9.17, 15) is 0 Å². The Hall–Kier alpha value is -0.820. The first-order chi connectivity index (χ1) is 6.64. The van der Waals surface area contributed by atoms with Crippen molar-refractivity contribution in [3.63, 3.8) is 0 Å². The molecule has 0 saturated heterocycles. The molecule has 1 aromatic carbocycles. The van der Waals surface area contributed by atoms with E-state index in [-0.39, 0.29) is 0 Å². The van der Waals surface area contributed by atoms with Crippen LogP contribution in [0.3, 0.4) is 0 Å². The second kappa shape index (κ2) is 5.16. The van der Waals surface area contributed by atoms with Gasteiger partial charge in [0.05, 0.1) is 27.2 Å². The second-order valence-electron chi connectivity index (χ2n) is 4.62. The van der Waals surface area contributed by atoms with Crippen LogP contribution in [0, 0.1) is 0 Å². The molecule has 1 heteroatoms. The minimum absolute atomic E-state index is 1.13. The van der Waals surface area contributed by atoms with Crippen molar-refractivity contribution in [1.29, 1.82) is 0 Å². The summed E-state index contributed by atoms with van der Waals surface area (Å²) < 4.78 is 1.13. The van der Waals surface area contributed by atoms with Crippen molar-refractivity contribution in [3.8, 4) is 0 Å². The normalized spacial score (nSPS) is 11.6. The molecule has 0 heterocycles. The van der Waals surface area contributed by atoms with Gasteiger partial charge in [0.1, 0.15) is 0 Å². The molecule has 0 aliphatic carbocycles. The molecule has 0 atom stereocenters. The van der Waals surface area contributed by atoms with Gasteiger partial charge in [0.15, 0.2) is 0 Å². The Kier molecular flexibility index (Phi) is 4.15. The molecule has 14 heavy (non-hydrogen) atoms. The SMILES string of the molecule is CCC[N+](C)(C)CCc1ccccc1. The van der Waals surface area contributed by atoms with Crippen LogP contribution in [-0.4, -0.2) is 31.7 Å². The quantitative estimate of drug-likeness (QED) is 0.629. The summed E-state index contributed by atoms with van der Waals surface area (Å²) in [6.45, 7) is 4.76. The topological polar surface area (TPSA) is 0 Å². The molecule has 0 fully saturated rings. The van der Waals surface area contributed by atoms with Gasteiger partial charge in [-0.25, -0.2) is 0 Å². The fourth-order valence-electron chi connectivity index (χ4n) is 1.79. The molecule has 0 bridgehead atoms. The molecule has 78 valence electrons. The first-order valence-corrected chi connectivity index (χ1v) is 5.50. The van der Waals surface area contributed by atoms with E-state index in [4.69, 9.17) is 0 Å². The van der Waals surface area contributed by atoms with E-state index in [1.165, 1.54) is 31.5 Å². The zero-order valence-electron chi connectivity index (χ0n) is 9.66. The number of benzene rings is 1. The highest BCUT2D eigenvalue weighted by Crippen LogP contribution is 2.05. The summed E-state index contributed by atoms with van der Waals surface area (Å²) >= 11 is 0. The van der Waals surface area contributed by atoms with Gasteiger partial charge in [0.2, 0.25) is 0 Å². The van der Waals surface area contributed by atoms with E-state index in [1.807, 2.05) is 0 Å². The second-order valence-corrected chi connectivity index (χ2v) is 4.62. The molecule has 0 aliphatic rings. The third-order valence-corrected chi connectivity index (χ3v) is 2.68. The Morgan fingerprint density at radius 2 is 1.64 bits per heavy atom. The van der Waals surface area contributed by atoms with E-state index in [0.29, 0.717) is 0 Å². The van der Waals surface area contributed by atoms with Crippen LogP contribution in [0.5, 0.6) is 0 Å². The van der Waals surface area contributed by atoms with Gasteiger partial charge in [-0.05, 0) is 12.0 Å². The van der Waals surface area contributed by atoms with E-state index in [1.54, 1.807) is 0 Å². The Labute approximate surface area is 88.0 Å². The molecular formula is C13H22N+. The summed E-state index contributed by atoms with van der Waals surface area (Å²) in [6, 6.07) is 10.7. The summed E-state index contributed by atoms with van der Waals surface area (Å²) in [5.74, 6) is 0. The third kappa shape index (κ3) is 3.93. The van der Waals surface area contributed by atoms with Crippen molar-refractivity contribution in [2.24, 2.45) is 0 Å². The van der Waals surface area contributed by atoms with Crippen LogP contribution in [0.25, 0.3) is 0 Å². The summed E-state index contributed by atoms with van der Waals surface area (Å²) in [5.41, 5.74) is 1.45. The van der Waals surface area contributed by atoms with Gasteiger partial charge in [-0.2, -0.15) is 0 Å². The molecule has 0 N–H and O–H groups in total. The number of rotatable bonds is 5. The number of hydrogen-bond donors (Lipinski definition) is 0. The monoisotopic (exact) mass is 192 g/mol. The van der Waals surface area contributed by atoms with Crippen LogP contribution < -0.4 is 0 Å². The van der Waals surface area contributed by atoms with Gasteiger partial charge in [-0.3, -0.25) is 0 Å². The maximum absolute atomic E-state index is 2.31. The van der Waals surface area contributed by atoms with E-state index < -0.39 is 0 Å². The van der Waals surface area contributed by atoms with Crippen LogP contribution in [0.1, 0.15) is 18.9 Å². The van der Waals surface area contributed by atoms with Crippen LogP contribution in [0.2, 0.25) is 0 Å². The highest BCUT2D eigenvalue weighted by Gasteiger charge is 2.12. The zero-order valence-corrected chi connectivity index (χ0v) is 9.66. The highest BCUT2D eigenvalue weighted by atomic mass is 15.3. The van der Waals surface area contributed by atoms with Crippen molar-refractivity contribution >= 4 is 0 Å². The molecule has 1 rings (SSSR count). The molecule has 0 aliphatic heterocycles. The Balaban J connectivity index is 2.40. The molecule has 0 spiro atoms. The lowest BCUT2D eigenvalue weighted by Gasteiger charge is -2.29. The average molecular weight is 192 g/mol. The number of nitrogens with zero attached hydrogens (tertiary/aromatic N) is 1. The van der Waals surface area contributed by atoms with Crippen LogP contribution in [0.4, 0.5) is 0 Å². The Bertz CT molecular complexity index is 251. The first kappa shape index (κ1) is 11.3. The predicted molar refractivity (Wildman–Crippen MR) is 62.3 cm³/mol. The largest absolute Gasteiger partial charge is 0.328 e. The van der Waals surface area contributed by atoms with Gasteiger partial charge < -0.3 is 4.48 Å². The fourth-order valence-corrected chi connectivity index (χ4v) is 1.79. The summed E-state index contributed by atoms with van der Waals surface area (Å²) in [5, 5.41) is 0. The van der Waals surface area contributed by atoms with Gasteiger partial charge in [0.25, 0.3) is 0 Å². The number of quaternary nitrogens is 1. The molecule has 0 radical (unpaired) electrons.